The fourth-order valence-electron chi connectivity index (χ4n) is 2.09. The molecule has 0 atom stereocenters. The lowest BCUT2D eigenvalue weighted by atomic mass is 10.2. The molecule has 1 aromatic rings. The molecule has 0 aliphatic carbocycles. The number of carbonyl (C=O) groups excluding carboxylic acids is 1. The van der Waals surface area contributed by atoms with Crippen LogP contribution in [-0.2, 0) is 21.2 Å². The second-order valence-electron chi connectivity index (χ2n) is 4.52. The highest BCUT2D eigenvalue weighted by Crippen LogP contribution is 2.27. The lowest BCUT2D eigenvalue weighted by Crippen LogP contribution is -2.37. The van der Waals surface area contributed by atoms with E-state index in [1.165, 1.54) is 18.2 Å². The summed E-state index contributed by atoms with van der Waals surface area (Å²) in [6.45, 7) is -1.96. The number of benzene rings is 1. The molecule has 0 aromatic heterocycles. The Balaban J connectivity index is 2.34. The average molecular weight is 320 g/mol. The second kappa shape index (κ2) is 6.04. The Morgan fingerprint density at radius 1 is 1.38 bits per heavy atom. The molecule has 0 saturated heterocycles. The van der Waals surface area contributed by atoms with Gasteiger partial charge in [0.1, 0.15) is 0 Å². The first-order chi connectivity index (χ1) is 9.84. The molecule has 1 amide bonds. The molecule has 1 aromatic carbocycles. The molecule has 21 heavy (non-hydrogen) atoms. The largest absolute Gasteiger partial charge is 0.395 e. The maximum atomic E-state index is 12.5. The molecule has 116 valence electrons. The number of fused-ring (bicyclic) bond motifs is 1. The number of anilines is 1. The number of carbonyl (C=O) groups is 1. The number of amides is 1. The smallest absolute Gasteiger partial charge is 0.252 e. The van der Waals surface area contributed by atoms with Gasteiger partial charge in [0.05, 0.1) is 24.5 Å². The molecular formula is C12H14F2N2O4S. The van der Waals surface area contributed by atoms with E-state index >= 15 is 0 Å². The summed E-state index contributed by atoms with van der Waals surface area (Å²) in [6.07, 6.45) is -2.79. The minimum Gasteiger partial charge on any atom is -0.395 e. The molecular weight excluding hydrogens is 306 g/mol. The van der Waals surface area contributed by atoms with E-state index in [9.17, 15) is 22.0 Å². The van der Waals surface area contributed by atoms with Gasteiger partial charge in [0.15, 0.2) is 0 Å². The topological polar surface area (TPSA) is 86.7 Å². The van der Waals surface area contributed by atoms with Gasteiger partial charge in [-0.2, -0.15) is 4.31 Å². The van der Waals surface area contributed by atoms with Crippen molar-refractivity contribution >= 4 is 21.6 Å². The number of rotatable bonds is 6. The van der Waals surface area contributed by atoms with E-state index in [4.69, 9.17) is 5.11 Å². The number of hydrogen-bond acceptors (Lipinski definition) is 4. The van der Waals surface area contributed by atoms with E-state index < -0.39 is 36.1 Å². The van der Waals surface area contributed by atoms with Gasteiger partial charge in [-0.15, -0.1) is 0 Å². The summed E-state index contributed by atoms with van der Waals surface area (Å²) < 4.78 is 50.1. The SMILES string of the molecule is O=C1Cc2cc(S(=O)(=O)N(CCO)CC(F)F)ccc2N1. The molecule has 0 unspecified atom stereocenters. The van der Waals surface area contributed by atoms with Gasteiger partial charge < -0.3 is 10.4 Å². The van der Waals surface area contributed by atoms with Crippen LogP contribution < -0.4 is 5.32 Å². The predicted octanol–water partition coefficient (Wildman–Crippen LogP) is 0.429. The Morgan fingerprint density at radius 3 is 2.71 bits per heavy atom. The summed E-state index contributed by atoms with van der Waals surface area (Å²) in [6, 6.07) is 3.96. The van der Waals surface area contributed by atoms with Crippen LogP contribution in [0, 0.1) is 0 Å². The number of nitrogens with one attached hydrogen (secondary N) is 1. The van der Waals surface area contributed by atoms with E-state index in [1.54, 1.807) is 0 Å². The summed E-state index contributed by atoms with van der Waals surface area (Å²) in [5, 5.41) is 11.4. The first-order valence-electron chi connectivity index (χ1n) is 6.16. The monoisotopic (exact) mass is 320 g/mol. The van der Waals surface area contributed by atoms with Crippen LogP contribution in [-0.4, -0.2) is 49.9 Å². The Morgan fingerprint density at radius 2 is 2.10 bits per heavy atom. The number of alkyl halides is 2. The maximum Gasteiger partial charge on any atom is 0.252 e. The maximum absolute atomic E-state index is 12.5. The van der Waals surface area contributed by atoms with Gasteiger partial charge in [0.2, 0.25) is 15.9 Å². The van der Waals surface area contributed by atoms with Crippen molar-refractivity contribution in [3.63, 3.8) is 0 Å². The Labute approximate surface area is 120 Å². The van der Waals surface area contributed by atoms with E-state index in [2.05, 4.69) is 5.32 Å². The third-order valence-electron chi connectivity index (χ3n) is 3.03. The number of aliphatic hydroxyl groups is 1. The van der Waals surface area contributed by atoms with Crippen LogP contribution >= 0.6 is 0 Å². The third kappa shape index (κ3) is 3.36. The summed E-state index contributed by atoms with van der Waals surface area (Å²) in [5.74, 6) is -0.251. The van der Waals surface area contributed by atoms with Crippen molar-refractivity contribution in [1.29, 1.82) is 0 Å². The molecule has 1 aliphatic rings. The van der Waals surface area contributed by atoms with E-state index in [0.717, 1.165) is 0 Å². The fraction of sp³-hybridized carbons (Fsp3) is 0.417. The van der Waals surface area contributed by atoms with Crippen molar-refractivity contribution in [3.8, 4) is 0 Å². The molecule has 0 bridgehead atoms. The van der Waals surface area contributed by atoms with Crippen molar-refractivity contribution < 1.29 is 27.1 Å². The first kappa shape index (κ1) is 15.8. The first-order valence-corrected chi connectivity index (χ1v) is 7.60. The zero-order valence-electron chi connectivity index (χ0n) is 10.9. The lowest BCUT2D eigenvalue weighted by Gasteiger charge is -2.21. The van der Waals surface area contributed by atoms with Gasteiger partial charge in [0, 0.05) is 12.2 Å². The highest BCUT2D eigenvalue weighted by molar-refractivity contribution is 7.89. The molecule has 0 spiro atoms. The minimum absolute atomic E-state index is 0.0491. The molecule has 0 fully saturated rings. The fourth-order valence-corrected chi connectivity index (χ4v) is 3.55. The van der Waals surface area contributed by atoms with Gasteiger partial charge in [0.25, 0.3) is 6.43 Å². The van der Waals surface area contributed by atoms with Gasteiger partial charge >= 0.3 is 0 Å². The second-order valence-corrected chi connectivity index (χ2v) is 6.46. The normalized spacial score (nSPS) is 14.6. The molecule has 1 aliphatic heterocycles. The average Bonchev–Trinajstić information content (AvgIpc) is 2.76. The number of sulfonamides is 1. The molecule has 0 radical (unpaired) electrons. The van der Waals surface area contributed by atoms with Crippen molar-refractivity contribution in [2.75, 3.05) is 25.0 Å². The molecule has 2 N–H and O–H groups in total. The third-order valence-corrected chi connectivity index (χ3v) is 4.89. The number of hydrogen-bond donors (Lipinski definition) is 2. The van der Waals surface area contributed by atoms with Crippen molar-refractivity contribution in [1.82, 2.24) is 4.31 Å². The van der Waals surface area contributed by atoms with Crippen LogP contribution in [0.5, 0.6) is 0 Å². The highest BCUT2D eigenvalue weighted by atomic mass is 32.2. The quantitative estimate of drug-likeness (QED) is 0.796. The number of halogens is 2. The summed E-state index contributed by atoms with van der Waals surface area (Å²) in [7, 11) is -4.14. The Kier molecular flexibility index (Phi) is 4.55. The van der Waals surface area contributed by atoms with Crippen LogP contribution in [0.25, 0.3) is 0 Å². The van der Waals surface area contributed by atoms with E-state index in [1.807, 2.05) is 0 Å². The molecule has 6 nitrogen and oxygen atoms in total. The summed E-state index contributed by atoms with van der Waals surface area (Å²) >= 11 is 0. The van der Waals surface area contributed by atoms with E-state index in [0.29, 0.717) is 15.6 Å². The standard InChI is InChI=1S/C12H14F2N2O4S/c13-11(14)7-16(3-4-17)21(19,20)9-1-2-10-8(5-9)6-12(18)15-10/h1-2,5,11,17H,3-4,6-7H2,(H,15,18). The Hall–Kier alpha value is -1.58. The highest BCUT2D eigenvalue weighted by Gasteiger charge is 2.28. The van der Waals surface area contributed by atoms with Crippen LogP contribution in [0.15, 0.2) is 23.1 Å². The van der Waals surface area contributed by atoms with Gasteiger partial charge in [-0.05, 0) is 23.8 Å². The van der Waals surface area contributed by atoms with Gasteiger partial charge in [-0.25, -0.2) is 17.2 Å². The number of nitrogens with zero attached hydrogens (tertiary/aromatic N) is 1. The van der Waals surface area contributed by atoms with Crippen molar-refractivity contribution in [2.45, 2.75) is 17.7 Å². The van der Waals surface area contributed by atoms with Crippen LogP contribution in [0.1, 0.15) is 5.56 Å². The zero-order chi connectivity index (χ0) is 15.6. The lowest BCUT2D eigenvalue weighted by molar-refractivity contribution is -0.115. The molecule has 1 heterocycles. The van der Waals surface area contributed by atoms with E-state index in [-0.39, 0.29) is 17.2 Å². The van der Waals surface area contributed by atoms with Gasteiger partial charge in [-0.1, -0.05) is 0 Å². The van der Waals surface area contributed by atoms with Crippen LogP contribution in [0.4, 0.5) is 14.5 Å². The van der Waals surface area contributed by atoms with Gasteiger partial charge in [-0.3, -0.25) is 4.79 Å². The van der Waals surface area contributed by atoms with Crippen molar-refractivity contribution in [2.24, 2.45) is 0 Å². The summed E-state index contributed by atoms with van der Waals surface area (Å²) in [4.78, 5) is 11.1. The minimum atomic E-state index is -4.14. The number of aliphatic hydroxyl groups excluding tert-OH is 1. The predicted molar refractivity (Wildman–Crippen MR) is 70.6 cm³/mol. The molecule has 9 heteroatoms. The van der Waals surface area contributed by atoms with Crippen molar-refractivity contribution in [3.05, 3.63) is 23.8 Å². The molecule has 0 saturated carbocycles. The summed E-state index contributed by atoms with van der Waals surface area (Å²) in [5.41, 5.74) is 1.02. The van der Waals surface area contributed by atoms with Crippen LogP contribution in [0.2, 0.25) is 0 Å². The zero-order valence-corrected chi connectivity index (χ0v) is 11.7. The molecule has 2 rings (SSSR count). The Bertz CT molecular complexity index is 649. The van der Waals surface area contributed by atoms with Crippen LogP contribution in [0.3, 0.4) is 0 Å².